The van der Waals surface area contributed by atoms with E-state index in [1.165, 1.54) is 11.8 Å². The molecule has 29 heavy (non-hydrogen) atoms. The maximum Gasteiger partial charge on any atom is 0.198 e. The number of fused-ring (bicyclic) bond motifs is 2. The Kier molecular flexibility index (Phi) is 5.11. The highest BCUT2D eigenvalue weighted by Crippen LogP contribution is 2.43. The van der Waals surface area contributed by atoms with E-state index in [1.807, 2.05) is 30.0 Å². The van der Waals surface area contributed by atoms with Crippen molar-refractivity contribution in [2.45, 2.75) is 44.2 Å². The van der Waals surface area contributed by atoms with Gasteiger partial charge in [0.15, 0.2) is 5.43 Å². The number of aldehydes is 1. The molecule has 3 aromatic rings. The van der Waals surface area contributed by atoms with Crippen LogP contribution in [0.5, 0.6) is 0 Å². The molecule has 7 heteroatoms. The second-order valence-corrected chi connectivity index (χ2v) is 9.68. The number of rotatable bonds is 5. The second-order valence-electron chi connectivity index (χ2n) is 8.46. The summed E-state index contributed by atoms with van der Waals surface area (Å²) in [4.78, 5) is 32.5. The van der Waals surface area contributed by atoms with Crippen LogP contribution in [0.4, 0.5) is 5.82 Å². The van der Waals surface area contributed by atoms with Gasteiger partial charge in [-0.05, 0) is 48.8 Å². The third-order valence-electron chi connectivity index (χ3n) is 5.91. The predicted molar refractivity (Wildman–Crippen MR) is 122 cm³/mol. The van der Waals surface area contributed by atoms with E-state index < -0.39 is 0 Å². The lowest BCUT2D eigenvalue weighted by atomic mass is 9.68. The summed E-state index contributed by atoms with van der Waals surface area (Å²) in [6.45, 7) is 4.65. The minimum absolute atomic E-state index is 0.0874. The van der Waals surface area contributed by atoms with Gasteiger partial charge in [0.1, 0.15) is 17.8 Å². The summed E-state index contributed by atoms with van der Waals surface area (Å²) in [7, 11) is 2.04. The predicted octanol–water partition coefficient (Wildman–Crippen LogP) is 4.75. The Morgan fingerprint density at radius 3 is 2.59 bits per heavy atom. The summed E-state index contributed by atoms with van der Waals surface area (Å²) in [5, 5.41) is 1.63. The monoisotopic (exact) mass is 429 g/mol. The van der Waals surface area contributed by atoms with Crippen LogP contribution in [-0.4, -0.2) is 35.2 Å². The van der Waals surface area contributed by atoms with Crippen LogP contribution in [0.2, 0.25) is 5.02 Å². The Labute approximate surface area is 179 Å². The number of anilines is 1. The molecule has 0 N–H and O–H groups in total. The molecule has 4 rings (SSSR count). The molecule has 0 unspecified atom stereocenters. The van der Waals surface area contributed by atoms with Crippen molar-refractivity contribution < 1.29 is 4.79 Å². The van der Waals surface area contributed by atoms with Crippen LogP contribution in [-0.2, 0) is 11.3 Å². The zero-order valence-corrected chi connectivity index (χ0v) is 18.6. The van der Waals surface area contributed by atoms with Crippen molar-refractivity contribution in [3.05, 3.63) is 39.5 Å². The number of aromatic nitrogens is 2. The van der Waals surface area contributed by atoms with Crippen LogP contribution in [0, 0.1) is 5.41 Å². The van der Waals surface area contributed by atoms with Crippen LogP contribution >= 0.6 is 23.4 Å². The molecule has 0 bridgehead atoms. The largest absolute Gasteiger partial charge is 0.357 e. The molecular formula is C22H24ClN3O2S. The van der Waals surface area contributed by atoms with E-state index in [4.69, 9.17) is 16.6 Å². The first kappa shape index (κ1) is 20.2. The number of carbonyl (C=O) groups is 1. The summed E-state index contributed by atoms with van der Waals surface area (Å²) in [6.07, 6.45) is 4.96. The Hall–Kier alpha value is -2.05. The summed E-state index contributed by atoms with van der Waals surface area (Å²) in [5.74, 6) is 0.809. The molecule has 5 nitrogen and oxygen atoms in total. The van der Waals surface area contributed by atoms with E-state index in [9.17, 15) is 9.59 Å². The Morgan fingerprint density at radius 2 is 1.97 bits per heavy atom. The lowest BCUT2D eigenvalue weighted by Gasteiger charge is -2.47. The smallest absolute Gasteiger partial charge is 0.198 e. The highest BCUT2D eigenvalue weighted by atomic mass is 35.5. The molecule has 0 aliphatic heterocycles. The van der Waals surface area contributed by atoms with E-state index in [0.717, 1.165) is 29.8 Å². The molecule has 152 valence electrons. The van der Waals surface area contributed by atoms with Crippen molar-refractivity contribution in [3.8, 4) is 0 Å². The molecule has 1 saturated carbocycles. The van der Waals surface area contributed by atoms with Gasteiger partial charge in [0.2, 0.25) is 0 Å². The van der Waals surface area contributed by atoms with Gasteiger partial charge >= 0.3 is 0 Å². The molecule has 0 radical (unpaired) electrons. The summed E-state index contributed by atoms with van der Waals surface area (Å²) >= 11 is 7.87. The Bertz CT molecular complexity index is 1180. The van der Waals surface area contributed by atoms with Gasteiger partial charge < -0.3 is 14.3 Å². The average Bonchev–Trinajstić information content (AvgIpc) is 2.68. The molecule has 1 aromatic carbocycles. The van der Waals surface area contributed by atoms with Gasteiger partial charge in [0.25, 0.3) is 0 Å². The number of hydrogen-bond acceptors (Lipinski definition) is 5. The maximum absolute atomic E-state index is 13.2. The molecule has 1 aliphatic rings. The normalized spacial score (nSPS) is 16.2. The third-order valence-corrected chi connectivity index (χ3v) is 7.15. The van der Waals surface area contributed by atoms with Crippen LogP contribution in [0.15, 0.2) is 34.0 Å². The summed E-state index contributed by atoms with van der Waals surface area (Å²) < 4.78 is 1.82. The van der Waals surface area contributed by atoms with Gasteiger partial charge in [-0.1, -0.05) is 25.4 Å². The number of nitrogens with zero attached hydrogens (tertiary/aromatic N) is 3. The van der Waals surface area contributed by atoms with Crippen molar-refractivity contribution >= 4 is 57.4 Å². The zero-order chi connectivity index (χ0) is 20.9. The van der Waals surface area contributed by atoms with Crippen LogP contribution < -0.4 is 10.3 Å². The number of pyridine rings is 2. The SMILES string of the molecule is CSc1c(Cl)ccc2c(=O)c3ccc(N(C)C4CC(C)(C)C4)nc3n(CC=O)c12. The van der Waals surface area contributed by atoms with Gasteiger partial charge in [-0.3, -0.25) is 4.79 Å². The standard InChI is InChI=1S/C22H24ClN3O2S/c1-22(2)11-13(12-22)25(3)17-8-6-15-19(28)14-5-7-16(23)20(29-4)18(14)26(9-10-27)21(15)24-17/h5-8,10,13H,9,11-12H2,1-4H3. The highest BCUT2D eigenvalue weighted by Gasteiger charge is 2.38. The number of carbonyl (C=O) groups excluding carboxylic acids is 1. The van der Waals surface area contributed by atoms with Gasteiger partial charge in [-0.15, -0.1) is 11.8 Å². The van der Waals surface area contributed by atoms with Crippen LogP contribution in [0.1, 0.15) is 26.7 Å². The molecule has 0 amide bonds. The minimum Gasteiger partial charge on any atom is -0.357 e. The van der Waals surface area contributed by atoms with E-state index >= 15 is 0 Å². The molecule has 0 atom stereocenters. The van der Waals surface area contributed by atoms with E-state index in [0.29, 0.717) is 38.4 Å². The van der Waals surface area contributed by atoms with Crippen molar-refractivity contribution in [2.24, 2.45) is 5.41 Å². The quantitative estimate of drug-likeness (QED) is 0.333. The van der Waals surface area contributed by atoms with E-state index in [2.05, 4.69) is 18.7 Å². The average molecular weight is 430 g/mol. The van der Waals surface area contributed by atoms with E-state index in [-0.39, 0.29) is 12.0 Å². The number of thioether (sulfide) groups is 1. The first-order chi connectivity index (χ1) is 13.8. The third kappa shape index (κ3) is 3.32. The minimum atomic E-state index is -0.0874. The fourth-order valence-electron chi connectivity index (χ4n) is 4.39. The van der Waals surface area contributed by atoms with Crippen molar-refractivity contribution in [1.82, 2.24) is 9.55 Å². The molecule has 0 spiro atoms. The zero-order valence-electron chi connectivity index (χ0n) is 17.0. The molecule has 2 aromatic heterocycles. The first-order valence-electron chi connectivity index (χ1n) is 9.63. The summed E-state index contributed by atoms with van der Waals surface area (Å²) in [5.41, 5.74) is 1.47. The molecule has 0 saturated heterocycles. The Balaban J connectivity index is 1.98. The fourth-order valence-corrected chi connectivity index (χ4v) is 5.45. The fraction of sp³-hybridized carbons (Fsp3) is 0.409. The van der Waals surface area contributed by atoms with E-state index in [1.54, 1.807) is 12.1 Å². The molecule has 2 heterocycles. The molecule has 1 fully saturated rings. The van der Waals surface area contributed by atoms with Crippen molar-refractivity contribution in [2.75, 3.05) is 18.2 Å². The highest BCUT2D eigenvalue weighted by molar-refractivity contribution is 7.99. The lowest BCUT2D eigenvalue weighted by molar-refractivity contribution is -0.108. The van der Waals surface area contributed by atoms with Gasteiger partial charge in [0.05, 0.1) is 27.4 Å². The lowest BCUT2D eigenvalue weighted by Crippen LogP contribution is -2.47. The van der Waals surface area contributed by atoms with Crippen LogP contribution in [0.25, 0.3) is 21.9 Å². The van der Waals surface area contributed by atoms with Gasteiger partial charge in [-0.25, -0.2) is 4.98 Å². The molecular weight excluding hydrogens is 406 g/mol. The Morgan fingerprint density at radius 1 is 1.28 bits per heavy atom. The number of hydrogen-bond donors (Lipinski definition) is 0. The summed E-state index contributed by atoms with van der Waals surface area (Å²) in [6, 6.07) is 7.63. The van der Waals surface area contributed by atoms with Gasteiger partial charge in [0, 0.05) is 18.5 Å². The number of benzene rings is 1. The maximum atomic E-state index is 13.2. The second kappa shape index (κ2) is 7.33. The first-order valence-corrected chi connectivity index (χ1v) is 11.2. The van der Waals surface area contributed by atoms with Crippen molar-refractivity contribution in [3.63, 3.8) is 0 Å². The number of halogens is 1. The van der Waals surface area contributed by atoms with Crippen molar-refractivity contribution in [1.29, 1.82) is 0 Å². The van der Waals surface area contributed by atoms with Crippen LogP contribution in [0.3, 0.4) is 0 Å². The van der Waals surface area contributed by atoms with Gasteiger partial charge in [-0.2, -0.15) is 0 Å². The topological polar surface area (TPSA) is 55.2 Å². The molecule has 1 aliphatic carbocycles.